The smallest absolute Gasteiger partial charge is 0.296 e. The summed E-state index contributed by atoms with van der Waals surface area (Å²) in [6.07, 6.45) is 0.941. The van der Waals surface area contributed by atoms with Gasteiger partial charge in [-0.25, -0.2) is 22.7 Å². The second kappa shape index (κ2) is 9.78. The number of carbonyl (C=O) groups excluding carboxylic acids is 1. The van der Waals surface area contributed by atoms with Crippen LogP contribution in [0.4, 0.5) is 34.6 Å². The first-order valence-corrected chi connectivity index (χ1v) is 12.4. The van der Waals surface area contributed by atoms with Crippen molar-refractivity contribution in [2.45, 2.75) is 32.2 Å². The maximum atomic E-state index is 15.3. The summed E-state index contributed by atoms with van der Waals surface area (Å²) in [5, 5.41) is 10.0. The van der Waals surface area contributed by atoms with E-state index >= 15 is 8.78 Å². The fourth-order valence-corrected chi connectivity index (χ4v) is 4.07. The Kier molecular flexibility index (Phi) is 6.92. The summed E-state index contributed by atoms with van der Waals surface area (Å²) in [6.45, 7) is 1.66. The van der Waals surface area contributed by atoms with Crippen molar-refractivity contribution >= 4 is 33.2 Å². The Balaban J connectivity index is 1.76. The molecule has 7 nitrogen and oxygen atoms in total. The van der Waals surface area contributed by atoms with E-state index in [1.54, 1.807) is 17.7 Å². The molecule has 1 saturated carbocycles. The minimum atomic E-state index is -4.29. The van der Waals surface area contributed by atoms with E-state index in [0.717, 1.165) is 25.0 Å². The van der Waals surface area contributed by atoms with E-state index in [-0.39, 0.29) is 28.4 Å². The van der Waals surface area contributed by atoms with E-state index in [9.17, 15) is 22.0 Å². The number of amides is 1. The van der Waals surface area contributed by atoms with E-state index in [0.29, 0.717) is 5.56 Å². The minimum absolute atomic E-state index is 0.114. The van der Waals surface area contributed by atoms with Gasteiger partial charge in [-0.15, -0.1) is 0 Å². The summed E-state index contributed by atoms with van der Waals surface area (Å²) in [6, 6.07) is 8.69. The highest BCUT2D eigenvalue weighted by Crippen LogP contribution is 2.33. The Morgan fingerprint density at radius 3 is 2.33 bits per heavy atom. The second-order valence-electron chi connectivity index (χ2n) is 8.54. The fraction of sp³-hybridized carbons (Fsp3) is 0.208. The average Bonchev–Trinajstić information content (AvgIpc) is 3.60. The maximum absolute atomic E-state index is 15.3. The van der Waals surface area contributed by atoms with Crippen LogP contribution < -0.4 is 20.5 Å². The fourth-order valence-electron chi connectivity index (χ4n) is 3.61. The van der Waals surface area contributed by atoms with E-state index in [2.05, 4.69) is 10.6 Å². The Morgan fingerprint density at radius 1 is 0.972 bits per heavy atom. The summed E-state index contributed by atoms with van der Waals surface area (Å²) in [5.41, 5.74) is -1.45. The van der Waals surface area contributed by atoms with Crippen LogP contribution in [0.3, 0.4) is 0 Å². The number of hydrogen-bond donors (Lipinski definition) is 4. The number of benzene rings is 3. The van der Waals surface area contributed by atoms with Gasteiger partial charge in [-0.05, 0) is 60.7 Å². The van der Waals surface area contributed by atoms with Gasteiger partial charge in [-0.3, -0.25) is 9.52 Å². The van der Waals surface area contributed by atoms with Crippen molar-refractivity contribution in [2.24, 2.45) is 5.14 Å². The molecule has 0 aliphatic heterocycles. The van der Waals surface area contributed by atoms with Crippen molar-refractivity contribution in [3.05, 3.63) is 88.0 Å². The summed E-state index contributed by atoms with van der Waals surface area (Å²) < 4.78 is 84.1. The Bertz CT molecular complexity index is 1460. The van der Waals surface area contributed by atoms with E-state index < -0.39 is 57.2 Å². The summed E-state index contributed by atoms with van der Waals surface area (Å²) in [4.78, 5) is 12.9. The highest BCUT2D eigenvalue weighted by atomic mass is 32.2. The van der Waals surface area contributed by atoms with Crippen LogP contribution in [0.2, 0.25) is 0 Å². The number of nitrogens with two attached hydrogens (primary N) is 1. The van der Waals surface area contributed by atoms with E-state index in [1.807, 2.05) is 0 Å². The van der Waals surface area contributed by atoms with Gasteiger partial charge in [-0.2, -0.15) is 8.42 Å². The number of anilines is 3. The highest BCUT2D eigenvalue weighted by molar-refractivity contribution is 7.90. The predicted octanol–water partition coefficient (Wildman–Crippen LogP) is 4.39. The van der Waals surface area contributed by atoms with Crippen molar-refractivity contribution in [2.75, 3.05) is 10.0 Å². The molecule has 3 aromatic rings. The lowest BCUT2D eigenvalue weighted by molar-refractivity contribution is 0.0951. The highest BCUT2D eigenvalue weighted by Gasteiger charge is 2.29. The summed E-state index contributed by atoms with van der Waals surface area (Å²) in [5.74, 6) is -5.31. The van der Waals surface area contributed by atoms with Crippen molar-refractivity contribution in [1.29, 1.82) is 0 Å². The van der Waals surface area contributed by atoms with Crippen LogP contribution in [0.5, 0.6) is 0 Å². The van der Waals surface area contributed by atoms with Gasteiger partial charge in [0.1, 0.15) is 5.82 Å². The number of nitrogens with one attached hydrogen (secondary N) is 3. The quantitative estimate of drug-likeness (QED) is 0.329. The third-order valence-corrected chi connectivity index (χ3v) is 6.04. The normalized spacial score (nSPS) is 13.4. The third-order valence-electron chi connectivity index (χ3n) is 5.54. The molecule has 0 atom stereocenters. The first kappa shape index (κ1) is 25.5. The molecule has 0 unspecified atom stereocenters. The van der Waals surface area contributed by atoms with Gasteiger partial charge in [-0.1, -0.05) is 18.2 Å². The van der Waals surface area contributed by atoms with Gasteiger partial charge < -0.3 is 10.6 Å². The van der Waals surface area contributed by atoms with Gasteiger partial charge in [0.15, 0.2) is 17.5 Å². The van der Waals surface area contributed by atoms with Gasteiger partial charge in [0.05, 0.1) is 22.6 Å². The molecule has 0 radical (unpaired) electrons. The molecule has 4 rings (SSSR count). The lowest BCUT2D eigenvalue weighted by Gasteiger charge is -2.17. The van der Waals surface area contributed by atoms with Gasteiger partial charge in [0, 0.05) is 12.5 Å². The number of halogens is 4. The Morgan fingerprint density at radius 2 is 1.69 bits per heavy atom. The molecule has 1 aliphatic carbocycles. The number of aryl methyl sites for hydroxylation is 1. The molecular formula is C24H22F4N4O3S. The van der Waals surface area contributed by atoms with Crippen LogP contribution in [0, 0.1) is 30.2 Å². The molecule has 0 spiro atoms. The molecule has 0 heterocycles. The zero-order chi connectivity index (χ0) is 26.2. The molecule has 190 valence electrons. The number of carbonyl (C=O) groups is 1. The lowest BCUT2D eigenvalue weighted by Crippen LogP contribution is -2.27. The molecule has 0 bridgehead atoms. The van der Waals surface area contributed by atoms with Crippen LogP contribution in [-0.4, -0.2) is 20.4 Å². The Hall–Kier alpha value is -3.64. The largest absolute Gasteiger partial charge is 0.350 e. The summed E-state index contributed by atoms with van der Waals surface area (Å²) in [7, 11) is -4.29. The number of hydrogen-bond acceptors (Lipinski definition) is 4. The SMILES string of the molecule is Cc1ccc(Nc2c(C(=O)NC3CC3)cc(Cc3cccc(NS(N)(=O)=O)c3F)c(F)c2F)c(F)c1. The van der Waals surface area contributed by atoms with Gasteiger partial charge in [0.2, 0.25) is 0 Å². The zero-order valence-electron chi connectivity index (χ0n) is 19.0. The number of rotatable bonds is 8. The summed E-state index contributed by atoms with van der Waals surface area (Å²) >= 11 is 0. The minimum Gasteiger partial charge on any atom is -0.350 e. The second-order valence-corrected chi connectivity index (χ2v) is 9.84. The van der Waals surface area contributed by atoms with E-state index in [4.69, 9.17) is 5.14 Å². The zero-order valence-corrected chi connectivity index (χ0v) is 19.8. The molecule has 1 aliphatic rings. The van der Waals surface area contributed by atoms with Crippen molar-refractivity contribution in [3.63, 3.8) is 0 Å². The molecular weight excluding hydrogens is 500 g/mol. The average molecular weight is 523 g/mol. The molecule has 5 N–H and O–H groups in total. The first-order chi connectivity index (χ1) is 16.9. The standard InChI is InChI=1S/C24H22F4N4O3S/c1-12-5-8-18(17(25)9-12)31-23-16(24(33)30-15-6-7-15)11-14(21(27)22(23)28)10-13-3-2-4-19(20(13)26)32-36(29,34)35/h2-5,8-9,11,15,31-32H,6-7,10H2,1H3,(H,30,33)(H2,29,34,35). The molecule has 0 aromatic heterocycles. The van der Waals surface area contributed by atoms with Gasteiger partial charge >= 0.3 is 0 Å². The third kappa shape index (κ3) is 5.77. The molecule has 0 saturated heterocycles. The Labute approximate surface area is 204 Å². The van der Waals surface area contributed by atoms with Crippen LogP contribution in [0.15, 0.2) is 42.5 Å². The van der Waals surface area contributed by atoms with Crippen LogP contribution in [-0.2, 0) is 16.6 Å². The monoisotopic (exact) mass is 522 g/mol. The van der Waals surface area contributed by atoms with Crippen molar-refractivity contribution < 1.29 is 30.8 Å². The van der Waals surface area contributed by atoms with Crippen molar-refractivity contribution in [1.82, 2.24) is 5.32 Å². The van der Waals surface area contributed by atoms with Crippen LogP contribution in [0.25, 0.3) is 0 Å². The maximum Gasteiger partial charge on any atom is 0.296 e. The molecule has 1 fully saturated rings. The first-order valence-electron chi connectivity index (χ1n) is 10.9. The van der Waals surface area contributed by atoms with Gasteiger partial charge in [0.25, 0.3) is 16.1 Å². The van der Waals surface area contributed by atoms with Crippen LogP contribution in [0.1, 0.15) is 39.9 Å². The molecule has 12 heteroatoms. The molecule has 36 heavy (non-hydrogen) atoms. The predicted molar refractivity (Wildman–Crippen MR) is 127 cm³/mol. The lowest BCUT2D eigenvalue weighted by atomic mass is 9.99. The molecule has 3 aromatic carbocycles. The topological polar surface area (TPSA) is 113 Å². The van der Waals surface area contributed by atoms with Crippen LogP contribution >= 0.6 is 0 Å². The van der Waals surface area contributed by atoms with E-state index in [1.165, 1.54) is 24.3 Å². The molecule has 1 amide bonds. The van der Waals surface area contributed by atoms with Crippen molar-refractivity contribution in [3.8, 4) is 0 Å².